The molecule has 4 N–H and O–H groups in total. The average molecular weight is 438 g/mol. The van der Waals surface area contributed by atoms with Crippen LogP contribution in [-0.4, -0.2) is 63.5 Å². The molecule has 2 saturated heterocycles. The van der Waals surface area contributed by atoms with Crippen molar-refractivity contribution in [1.29, 1.82) is 0 Å². The Kier molecular flexibility index (Phi) is 5.20. The molecule has 0 radical (unpaired) electrons. The van der Waals surface area contributed by atoms with Gasteiger partial charge in [0.15, 0.2) is 0 Å². The summed E-state index contributed by atoms with van der Waals surface area (Å²) in [6, 6.07) is 1.50. The lowest BCUT2D eigenvalue weighted by molar-refractivity contribution is -0.137. The summed E-state index contributed by atoms with van der Waals surface area (Å²) in [7, 11) is 0. The fourth-order valence-corrected chi connectivity index (χ4v) is 3.03. The summed E-state index contributed by atoms with van der Waals surface area (Å²) in [6.45, 7) is 1.11. The molecule has 2 aromatic heterocycles. The van der Waals surface area contributed by atoms with Crippen LogP contribution in [0.5, 0.6) is 5.88 Å². The molecule has 0 aliphatic carbocycles. The van der Waals surface area contributed by atoms with E-state index in [1.165, 1.54) is 0 Å². The summed E-state index contributed by atoms with van der Waals surface area (Å²) in [6.07, 6.45) is -3.60. The van der Waals surface area contributed by atoms with Crippen molar-refractivity contribution >= 4 is 23.7 Å². The summed E-state index contributed by atoms with van der Waals surface area (Å²) in [5.74, 6) is -1.08. The van der Waals surface area contributed by atoms with Crippen molar-refractivity contribution in [3.8, 4) is 5.88 Å². The summed E-state index contributed by atoms with van der Waals surface area (Å²) in [5, 5.41) is 5.52. The maximum atomic E-state index is 12.6. The predicted molar refractivity (Wildman–Crippen MR) is 99.3 cm³/mol. The van der Waals surface area contributed by atoms with Gasteiger partial charge in [-0.15, -0.1) is 0 Å². The Hall–Kier alpha value is -3.71. The van der Waals surface area contributed by atoms with Crippen LogP contribution in [0.15, 0.2) is 18.3 Å². The van der Waals surface area contributed by atoms with Crippen molar-refractivity contribution in [1.82, 2.24) is 25.3 Å². The molecule has 2 aliphatic rings. The van der Waals surface area contributed by atoms with Crippen molar-refractivity contribution in [2.75, 3.05) is 29.9 Å². The molecule has 0 saturated carbocycles. The molecule has 4 heterocycles. The second-order valence-electron chi connectivity index (χ2n) is 6.95. The Balaban J connectivity index is 1.41. The molecule has 2 fully saturated rings. The third-order valence-electron chi connectivity index (χ3n) is 4.68. The number of halogens is 3. The lowest BCUT2D eigenvalue weighted by Gasteiger charge is -2.38. The number of pyridine rings is 1. The fourth-order valence-electron chi connectivity index (χ4n) is 3.03. The van der Waals surface area contributed by atoms with Gasteiger partial charge in [-0.1, -0.05) is 0 Å². The molecule has 14 heteroatoms. The zero-order chi connectivity index (χ0) is 22.2. The Bertz CT molecular complexity index is 995. The second-order valence-corrected chi connectivity index (χ2v) is 6.95. The summed E-state index contributed by atoms with van der Waals surface area (Å²) in [4.78, 5) is 40.8. The number of alkyl halides is 3. The minimum atomic E-state index is -4.47. The van der Waals surface area contributed by atoms with Crippen LogP contribution in [0, 0.1) is 0 Å². The van der Waals surface area contributed by atoms with E-state index in [2.05, 4.69) is 30.6 Å². The molecular weight excluding hydrogens is 421 g/mol. The number of hydrogen-bond acceptors (Lipinski definition) is 9. The predicted octanol–water partition coefficient (Wildman–Crippen LogP) is -0.0477. The van der Waals surface area contributed by atoms with Gasteiger partial charge in [0.2, 0.25) is 29.5 Å². The Labute approximate surface area is 173 Å². The summed E-state index contributed by atoms with van der Waals surface area (Å²) < 4.78 is 43.4. The van der Waals surface area contributed by atoms with E-state index in [-0.39, 0.29) is 35.6 Å². The minimum absolute atomic E-state index is 0.0367. The van der Waals surface area contributed by atoms with E-state index in [1.54, 1.807) is 4.90 Å². The smallest absolute Gasteiger partial charge is 0.417 e. The van der Waals surface area contributed by atoms with Gasteiger partial charge in [0.1, 0.15) is 12.1 Å². The van der Waals surface area contributed by atoms with E-state index in [1.807, 2.05) is 0 Å². The van der Waals surface area contributed by atoms with Gasteiger partial charge in [0, 0.05) is 18.8 Å². The van der Waals surface area contributed by atoms with Crippen LogP contribution in [0.25, 0.3) is 0 Å². The van der Waals surface area contributed by atoms with Crippen LogP contribution >= 0.6 is 0 Å². The van der Waals surface area contributed by atoms with Gasteiger partial charge in [-0.2, -0.15) is 28.1 Å². The number of primary amides is 1. The largest absolute Gasteiger partial charge is 0.471 e. The number of nitrogens with two attached hydrogens (primary N) is 1. The van der Waals surface area contributed by atoms with Crippen LogP contribution in [0.1, 0.15) is 22.6 Å². The number of carbonyl (C=O) groups excluding carboxylic acids is 2. The topological polar surface area (TPSA) is 148 Å². The number of carbonyl (C=O) groups is 2. The van der Waals surface area contributed by atoms with E-state index in [4.69, 9.17) is 10.5 Å². The van der Waals surface area contributed by atoms with Crippen molar-refractivity contribution in [3.05, 3.63) is 29.7 Å². The molecule has 0 unspecified atom stereocenters. The van der Waals surface area contributed by atoms with E-state index < -0.39 is 23.7 Å². The molecule has 2 amide bonds. The van der Waals surface area contributed by atoms with Gasteiger partial charge < -0.3 is 26.0 Å². The highest BCUT2D eigenvalue weighted by Crippen LogP contribution is 2.29. The molecule has 1 atom stereocenters. The highest BCUT2D eigenvalue weighted by Gasteiger charge is 2.34. The quantitative estimate of drug-likeness (QED) is 0.565. The van der Waals surface area contributed by atoms with Crippen LogP contribution < -0.4 is 26.0 Å². The summed E-state index contributed by atoms with van der Waals surface area (Å²) in [5.41, 5.74) is 4.42. The molecule has 0 spiro atoms. The SMILES string of the molecule is NC(=O)c1nc(N[C@H]2CCNC2=O)nc(N2CC(Oc3ccc(C(F)(F)F)cn3)C2)n1. The zero-order valence-corrected chi connectivity index (χ0v) is 15.9. The molecule has 2 aliphatic heterocycles. The number of anilines is 2. The highest BCUT2D eigenvalue weighted by atomic mass is 19.4. The van der Waals surface area contributed by atoms with Crippen LogP contribution in [0.4, 0.5) is 25.1 Å². The van der Waals surface area contributed by atoms with Crippen LogP contribution in [0.2, 0.25) is 0 Å². The molecule has 31 heavy (non-hydrogen) atoms. The van der Waals surface area contributed by atoms with Gasteiger partial charge in [-0.05, 0) is 12.5 Å². The van der Waals surface area contributed by atoms with Crippen LogP contribution in [0.3, 0.4) is 0 Å². The zero-order valence-electron chi connectivity index (χ0n) is 15.9. The molecule has 4 rings (SSSR count). The van der Waals surface area contributed by atoms with E-state index >= 15 is 0 Å². The second kappa shape index (κ2) is 7.85. The number of nitrogens with zero attached hydrogens (tertiary/aromatic N) is 5. The Morgan fingerprint density at radius 2 is 2.03 bits per heavy atom. The van der Waals surface area contributed by atoms with Crippen molar-refractivity contribution in [2.45, 2.75) is 24.7 Å². The number of aromatic nitrogens is 4. The number of ether oxygens (including phenoxy) is 1. The molecule has 11 nitrogen and oxygen atoms in total. The Morgan fingerprint density at radius 1 is 1.26 bits per heavy atom. The first kappa shape index (κ1) is 20.6. The Morgan fingerprint density at radius 3 is 2.61 bits per heavy atom. The third kappa shape index (κ3) is 4.57. The van der Waals surface area contributed by atoms with Crippen molar-refractivity contribution < 1.29 is 27.5 Å². The first-order valence-corrected chi connectivity index (χ1v) is 9.24. The minimum Gasteiger partial charge on any atom is -0.471 e. The van der Waals surface area contributed by atoms with E-state index in [0.29, 0.717) is 32.3 Å². The molecule has 164 valence electrons. The van der Waals surface area contributed by atoms with Crippen molar-refractivity contribution in [3.63, 3.8) is 0 Å². The fraction of sp³-hybridized carbons (Fsp3) is 0.412. The standard InChI is InChI=1S/C17H17F3N8O3/c18-17(19,20)8-1-2-11(23-5-8)31-9-6-28(7-9)16-26-13(12(21)29)25-15(27-16)24-10-3-4-22-14(10)30/h1-2,5,9-10H,3-4,6-7H2,(H2,21,29)(H,22,30)(H,24,25,26,27)/t10-/m0/s1. The summed E-state index contributed by atoms with van der Waals surface area (Å²) >= 11 is 0. The van der Waals surface area contributed by atoms with Gasteiger partial charge in [0.05, 0.1) is 18.7 Å². The normalized spacial score (nSPS) is 19.0. The number of amides is 2. The van der Waals surface area contributed by atoms with E-state index in [0.717, 1.165) is 12.1 Å². The maximum Gasteiger partial charge on any atom is 0.417 e. The number of nitrogens with one attached hydrogen (secondary N) is 2. The highest BCUT2D eigenvalue weighted by molar-refractivity contribution is 5.90. The molecule has 0 aromatic carbocycles. The first-order chi connectivity index (χ1) is 14.7. The number of rotatable bonds is 6. The molecule has 0 bridgehead atoms. The van der Waals surface area contributed by atoms with E-state index in [9.17, 15) is 22.8 Å². The van der Waals surface area contributed by atoms with Crippen molar-refractivity contribution in [2.24, 2.45) is 5.73 Å². The lowest BCUT2D eigenvalue weighted by atomic mass is 10.2. The molecule has 2 aromatic rings. The number of hydrogen-bond donors (Lipinski definition) is 3. The van der Waals surface area contributed by atoms with Gasteiger partial charge in [-0.25, -0.2) is 4.98 Å². The van der Waals surface area contributed by atoms with Crippen LogP contribution in [-0.2, 0) is 11.0 Å². The van der Waals surface area contributed by atoms with Gasteiger partial charge in [0.25, 0.3) is 5.91 Å². The monoisotopic (exact) mass is 438 g/mol. The van der Waals surface area contributed by atoms with Gasteiger partial charge >= 0.3 is 6.18 Å². The maximum absolute atomic E-state index is 12.6. The first-order valence-electron chi connectivity index (χ1n) is 9.24. The average Bonchev–Trinajstić information content (AvgIpc) is 3.08. The molecular formula is C17H17F3N8O3. The third-order valence-corrected chi connectivity index (χ3v) is 4.68. The van der Waals surface area contributed by atoms with Gasteiger partial charge in [-0.3, -0.25) is 9.59 Å². The lowest BCUT2D eigenvalue weighted by Crippen LogP contribution is -2.55.